The van der Waals surface area contributed by atoms with Crippen molar-refractivity contribution < 1.29 is 9.53 Å². The number of rotatable bonds is 5. The van der Waals surface area contributed by atoms with E-state index in [1.807, 2.05) is 0 Å². The van der Waals surface area contributed by atoms with Gasteiger partial charge in [0.05, 0.1) is 12.6 Å². The molecule has 0 heterocycles. The predicted octanol–water partition coefficient (Wildman–Crippen LogP) is 0.812. The van der Waals surface area contributed by atoms with Gasteiger partial charge in [0, 0.05) is 19.2 Å². The van der Waals surface area contributed by atoms with Crippen molar-refractivity contribution in [1.29, 1.82) is 0 Å². The van der Waals surface area contributed by atoms with Gasteiger partial charge in [0.15, 0.2) is 0 Å². The van der Waals surface area contributed by atoms with Gasteiger partial charge in [-0.1, -0.05) is 0 Å². The molecule has 0 aromatic carbocycles. The van der Waals surface area contributed by atoms with Crippen LogP contribution in [0.1, 0.15) is 38.5 Å². The molecular weight excluding hydrogens is 204 g/mol. The molecule has 0 aromatic heterocycles. The van der Waals surface area contributed by atoms with Crippen LogP contribution in [-0.4, -0.2) is 37.7 Å². The molecular formula is C12H22N2O2. The summed E-state index contributed by atoms with van der Waals surface area (Å²) in [7, 11) is 1.77. The van der Waals surface area contributed by atoms with Crippen molar-refractivity contribution in [3.05, 3.63) is 0 Å². The van der Waals surface area contributed by atoms with Gasteiger partial charge in [-0.15, -0.1) is 0 Å². The number of hydrogen-bond acceptors (Lipinski definition) is 3. The Morgan fingerprint density at radius 3 is 2.75 bits per heavy atom. The van der Waals surface area contributed by atoms with Gasteiger partial charge in [-0.2, -0.15) is 0 Å². The average molecular weight is 226 g/mol. The largest absolute Gasteiger partial charge is 0.381 e. The topological polar surface area (TPSA) is 50.4 Å². The summed E-state index contributed by atoms with van der Waals surface area (Å²) in [6.45, 7) is 0.456. The van der Waals surface area contributed by atoms with E-state index < -0.39 is 0 Å². The standard InChI is InChI=1S/C12H22N2O2/c1-16-11-4-2-3-10(7-11)13-8-12(15)14-9-5-6-9/h9-11,13H,2-8H2,1H3,(H,14,15). The molecule has 2 aliphatic carbocycles. The number of carbonyl (C=O) groups is 1. The van der Waals surface area contributed by atoms with Crippen molar-refractivity contribution >= 4 is 5.91 Å². The lowest BCUT2D eigenvalue weighted by Crippen LogP contribution is -2.42. The molecule has 4 nitrogen and oxygen atoms in total. The molecule has 2 unspecified atom stereocenters. The molecule has 2 aliphatic rings. The van der Waals surface area contributed by atoms with Crippen molar-refractivity contribution in [2.24, 2.45) is 0 Å². The SMILES string of the molecule is COC1CCCC(NCC(=O)NC2CC2)C1. The van der Waals surface area contributed by atoms with E-state index in [4.69, 9.17) is 4.74 Å². The summed E-state index contributed by atoms with van der Waals surface area (Å²) in [6.07, 6.45) is 7.23. The average Bonchev–Trinajstić information content (AvgIpc) is 3.10. The first kappa shape index (κ1) is 11.9. The maximum Gasteiger partial charge on any atom is 0.234 e. The van der Waals surface area contributed by atoms with Gasteiger partial charge in [0.25, 0.3) is 0 Å². The van der Waals surface area contributed by atoms with Crippen LogP contribution in [0.2, 0.25) is 0 Å². The Hall–Kier alpha value is -0.610. The summed E-state index contributed by atoms with van der Waals surface area (Å²) in [4.78, 5) is 11.5. The third-order valence-electron chi connectivity index (χ3n) is 3.45. The first-order chi connectivity index (χ1) is 7.78. The fourth-order valence-electron chi connectivity index (χ4n) is 2.29. The van der Waals surface area contributed by atoms with Gasteiger partial charge < -0.3 is 15.4 Å². The molecule has 2 atom stereocenters. The van der Waals surface area contributed by atoms with E-state index in [1.54, 1.807) is 7.11 Å². The van der Waals surface area contributed by atoms with Crippen LogP contribution in [-0.2, 0) is 9.53 Å². The lowest BCUT2D eigenvalue weighted by molar-refractivity contribution is -0.120. The molecule has 2 fully saturated rings. The highest BCUT2D eigenvalue weighted by Gasteiger charge is 2.24. The van der Waals surface area contributed by atoms with E-state index in [9.17, 15) is 4.79 Å². The molecule has 2 rings (SSSR count). The zero-order valence-corrected chi connectivity index (χ0v) is 10.00. The lowest BCUT2D eigenvalue weighted by atomic mass is 9.93. The quantitative estimate of drug-likeness (QED) is 0.729. The fourth-order valence-corrected chi connectivity index (χ4v) is 2.29. The number of methoxy groups -OCH3 is 1. The fraction of sp³-hybridized carbons (Fsp3) is 0.917. The second-order valence-electron chi connectivity index (χ2n) is 4.94. The highest BCUT2D eigenvalue weighted by molar-refractivity contribution is 5.78. The molecule has 0 saturated heterocycles. The summed E-state index contributed by atoms with van der Waals surface area (Å²) < 4.78 is 5.36. The van der Waals surface area contributed by atoms with Gasteiger partial charge in [0.1, 0.15) is 0 Å². The predicted molar refractivity (Wildman–Crippen MR) is 62.2 cm³/mol. The molecule has 0 radical (unpaired) electrons. The molecule has 0 spiro atoms. The van der Waals surface area contributed by atoms with Crippen molar-refractivity contribution in [3.8, 4) is 0 Å². The minimum Gasteiger partial charge on any atom is -0.381 e. The van der Waals surface area contributed by atoms with Crippen LogP contribution >= 0.6 is 0 Å². The minimum absolute atomic E-state index is 0.141. The van der Waals surface area contributed by atoms with E-state index in [0.717, 1.165) is 32.1 Å². The molecule has 0 bridgehead atoms. The van der Waals surface area contributed by atoms with Crippen LogP contribution in [0.4, 0.5) is 0 Å². The monoisotopic (exact) mass is 226 g/mol. The molecule has 1 amide bonds. The van der Waals surface area contributed by atoms with Crippen LogP contribution in [0.25, 0.3) is 0 Å². The lowest BCUT2D eigenvalue weighted by Gasteiger charge is -2.28. The Morgan fingerprint density at radius 2 is 2.06 bits per heavy atom. The van der Waals surface area contributed by atoms with Crippen LogP contribution in [0, 0.1) is 0 Å². The molecule has 2 saturated carbocycles. The van der Waals surface area contributed by atoms with Crippen LogP contribution in [0.5, 0.6) is 0 Å². The second kappa shape index (κ2) is 5.64. The zero-order chi connectivity index (χ0) is 11.4. The molecule has 92 valence electrons. The third kappa shape index (κ3) is 3.76. The summed E-state index contributed by atoms with van der Waals surface area (Å²) in [5, 5.41) is 6.31. The van der Waals surface area contributed by atoms with E-state index >= 15 is 0 Å². The number of amides is 1. The first-order valence-electron chi connectivity index (χ1n) is 6.33. The molecule has 2 N–H and O–H groups in total. The molecule has 16 heavy (non-hydrogen) atoms. The number of hydrogen-bond donors (Lipinski definition) is 2. The number of nitrogens with one attached hydrogen (secondary N) is 2. The van der Waals surface area contributed by atoms with E-state index in [-0.39, 0.29) is 5.91 Å². The maximum atomic E-state index is 11.5. The summed E-state index contributed by atoms with van der Waals surface area (Å²) in [5.41, 5.74) is 0. The summed E-state index contributed by atoms with van der Waals surface area (Å²) in [6, 6.07) is 0.913. The Labute approximate surface area is 97.1 Å². The maximum absolute atomic E-state index is 11.5. The summed E-state index contributed by atoms with van der Waals surface area (Å²) in [5.74, 6) is 0.141. The highest BCUT2D eigenvalue weighted by atomic mass is 16.5. The van der Waals surface area contributed by atoms with Crippen LogP contribution in [0.15, 0.2) is 0 Å². The van der Waals surface area contributed by atoms with Gasteiger partial charge >= 0.3 is 0 Å². The van der Waals surface area contributed by atoms with E-state index in [0.29, 0.717) is 24.7 Å². The van der Waals surface area contributed by atoms with E-state index in [1.165, 1.54) is 6.42 Å². The number of ether oxygens (including phenoxy) is 1. The Kier molecular flexibility index (Phi) is 4.18. The Balaban J connectivity index is 1.62. The normalized spacial score (nSPS) is 30.1. The minimum atomic E-state index is 0.141. The van der Waals surface area contributed by atoms with Gasteiger partial charge in [-0.3, -0.25) is 4.79 Å². The Bertz CT molecular complexity index is 241. The smallest absolute Gasteiger partial charge is 0.234 e. The van der Waals surface area contributed by atoms with Crippen molar-refractivity contribution in [2.75, 3.05) is 13.7 Å². The number of carbonyl (C=O) groups excluding carboxylic acids is 1. The molecule has 0 aromatic rings. The van der Waals surface area contributed by atoms with E-state index in [2.05, 4.69) is 10.6 Å². The second-order valence-corrected chi connectivity index (χ2v) is 4.94. The van der Waals surface area contributed by atoms with Crippen molar-refractivity contribution in [2.45, 2.75) is 56.7 Å². The molecule has 4 heteroatoms. The van der Waals surface area contributed by atoms with Gasteiger partial charge in [-0.05, 0) is 38.5 Å². The van der Waals surface area contributed by atoms with Crippen molar-refractivity contribution in [1.82, 2.24) is 10.6 Å². The van der Waals surface area contributed by atoms with Gasteiger partial charge in [0.2, 0.25) is 5.91 Å². The Morgan fingerprint density at radius 1 is 1.25 bits per heavy atom. The first-order valence-corrected chi connectivity index (χ1v) is 6.33. The summed E-state index contributed by atoms with van der Waals surface area (Å²) >= 11 is 0. The highest BCUT2D eigenvalue weighted by Crippen LogP contribution is 2.20. The molecule has 0 aliphatic heterocycles. The zero-order valence-electron chi connectivity index (χ0n) is 10.00. The third-order valence-corrected chi connectivity index (χ3v) is 3.45. The van der Waals surface area contributed by atoms with Gasteiger partial charge in [-0.25, -0.2) is 0 Å². The van der Waals surface area contributed by atoms with Crippen molar-refractivity contribution in [3.63, 3.8) is 0 Å². The van der Waals surface area contributed by atoms with Crippen LogP contribution < -0.4 is 10.6 Å². The van der Waals surface area contributed by atoms with Crippen LogP contribution in [0.3, 0.4) is 0 Å².